The molecule has 2 saturated heterocycles. The molecule has 0 aliphatic carbocycles. The van der Waals surface area contributed by atoms with Crippen molar-refractivity contribution in [3.05, 3.63) is 47.8 Å². The molecule has 1 N–H and O–H groups in total. The van der Waals surface area contributed by atoms with Crippen molar-refractivity contribution in [1.82, 2.24) is 14.7 Å². The molecule has 2 aliphatic rings. The highest BCUT2D eigenvalue weighted by Crippen LogP contribution is 2.33. The first-order valence-electron chi connectivity index (χ1n) is 9.80. The van der Waals surface area contributed by atoms with Gasteiger partial charge in [-0.1, -0.05) is 18.2 Å². The molecule has 0 radical (unpaired) electrons. The van der Waals surface area contributed by atoms with Crippen LogP contribution in [0, 0.1) is 18.8 Å². The first-order valence-corrected chi connectivity index (χ1v) is 9.80. The Bertz CT molecular complexity index is 856. The van der Waals surface area contributed by atoms with Crippen LogP contribution in [0.1, 0.15) is 35.3 Å². The molecule has 2 aliphatic heterocycles. The normalized spacial score (nSPS) is 23.1. The van der Waals surface area contributed by atoms with Gasteiger partial charge in [0.1, 0.15) is 0 Å². The van der Waals surface area contributed by atoms with Crippen LogP contribution in [0.25, 0.3) is 5.69 Å². The zero-order chi connectivity index (χ0) is 19.7. The van der Waals surface area contributed by atoms with Crippen molar-refractivity contribution in [2.45, 2.75) is 32.3 Å². The highest BCUT2D eigenvalue weighted by Gasteiger charge is 2.41. The number of ether oxygens (including phenoxy) is 1. The van der Waals surface area contributed by atoms with Crippen LogP contribution in [-0.4, -0.2) is 57.5 Å². The number of aryl methyl sites for hydroxylation is 1. The summed E-state index contributed by atoms with van der Waals surface area (Å²) < 4.78 is 7.46. The minimum absolute atomic E-state index is 0.0137. The smallest absolute Gasteiger partial charge is 0.309 e. The summed E-state index contributed by atoms with van der Waals surface area (Å²) in [5, 5.41) is 13.9. The molecule has 1 unspecified atom stereocenters. The van der Waals surface area contributed by atoms with E-state index in [0.717, 1.165) is 18.5 Å². The molecule has 1 aromatic carbocycles. The number of amides is 1. The van der Waals surface area contributed by atoms with Crippen LogP contribution in [0.4, 0.5) is 0 Å². The number of carboxylic acid groups (broad SMARTS) is 1. The third kappa shape index (κ3) is 3.54. The number of piperidine rings is 1. The van der Waals surface area contributed by atoms with Crippen molar-refractivity contribution in [2.75, 3.05) is 19.7 Å². The minimum Gasteiger partial charge on any atom is -0.481 e. The lowest BCUT2D eigenvalue weighted by Crippen LogP contribution is -2.43. The van der Waals surface area contributed by atoms with E-state index in [9.17, 15) is 14.7 Å². The van der Waals surface area contributed by atoms with Crippen molar-refractivity contribution in [2.24, 2.45) is 11.8 Å². The van der Waals surface area contributed by atoms with Crippen LogP contribution in [0.3, 0.4) is 0 Å². The van der Waals surface area contributed by atoms with Gasteiger partial charge in [0.15, 0.2) is 0 Å². The van der Waals surface area contributed by atoms with Gasteiger partial charge in [0.25, 0.3) is 5.91 Å². The third-order valence-electron chi connectivity index (χ3n) is 5.89. The Morgan fingerprint density at radius 3 is 2.54 bits per heavy atom. The Morgan fingerprint density at radius 2 is 1.86 bits per heavy atom. The lowest BCUT2D eigenvalue weighted by Gasteiger charge is -2.35. The average Bonchev–Trinajstić information content (AvgIpc) is 3.35. The summed E-state index contributed by atoms with van der Waals surface area (Å²) in [4.78, 5) is 26.3. The summed E-state index contributed by atoms with van der Waals surface area (Å²) in [5.41, 5.74) is 2.24. The second kappa shape index (κ2) is 7.75. The highest BCUT2D eigenvalue weighted by molar-refractivity contribution is 5.95. The van der Waals surface area contributed by atoms with Gasteiger partial charge in [-0.2, -0.15) is 5.10 Å². The number of aromatic nitrogens is 2. The number of likely N-dealkylation sites (tertiary alicyclic amines) is 1. The number of carbonyl (C=O) groups is 2. The van der Waals surface area contributed by atoms with Gasteiger partial charge in [-0.15, -0.1) is 0 Å². The van der Waals surface area contributed by atoms with Crippen molar-refractivity contribution in [3.8, 4) is 5.69 Å². The summed E-state index contributed by atoms with van der Waals surface area (Å²) >= 11 is 0. The summed E-state index contributed by atoms with van der Waals surface area (Å²) in [6, 6.07) is 9.72. The standard InChI is InChI=1S/C21H25N3O4/c1-14-18(13-24(22-14)16-5-3-2-4-6-16)20(25)23-10-7-15(8-11-23)19-17(21(26)27)9-12-28-19/h2-6,13,15,17,19H,7-12H2,1H3,(H,26,27)/t17?,19-/m0/s1. The summed E-state index contributed by atoms with van der Waals surface area (Å²) in [5.74, 6) is -1.01. The Hall–Kier alpha value is -2.67. The molecule has 1 amide bonds. The van der Waals surface area contributed by atoms with E-state index >= 15 is 0 Å². The molecule has 3 heterocycles. The molecule has 2 fully saturated rings. The number of rotatable bonds is 4. The fraction of sp³-hybridized carbons (Fsp3) is 0.476. The fourth-order valence-electron chi connectivity index (χ4n) is 4.32. The van der Waals surface area contributed by atoms with Gasteiger partial charge < -0.3 is 14.7 Å². The van der Waals surface area contributed by atoms with Crippen LogP contribution in [0.15, 0.2) is 36.5 Å². The molecule has 2 atom stereocenters. The molecule has 0 saturated carbocycles. The Labute approximate surface area is 163 Å². The van der Waals surface area contributed by atoms with Gasteiger partial charge in [0, 0.05) is 25.9 Å². The predicted octanol–water partition coefficient (Wildman–Crippen LogP) is 2.52. The van der Waals surface area contributed by atoms with E-state index in [-0.39, 0.29) is 17.9 Å². The lowest BCUT2D eigenvalue weighted by atomic mass is 9.84. The van der Waals surface area contributed by atoms with Gasteiger partial charge >= 0.3 is 5.97 Å². The van der Waals surface area contributed by atoms with E-state index in [0.29, 0.717) is 37.4 Å². The van der Waals surface area contributed by atoms with Crippen molar-refractivity contribution >= 4 is 11.9 Å². The molecule has 28 heavy (non-hydrogen) atoms. The third-order valence-corrected chi connectivity index (χ3v) is 5.89. The molecule has 148 valence electrons. The number of benzene rings is 1. The summed E-state index contributed by atoms with van der Waals surface area (Å²) in [7, 11) is 0. The molecular weight excluding hydrogens is 358 g/mol. The van der Waals surface area contributed by atoms with Gasteiger partial charge in [-0.3, -0.25) is 9.59 Å². The number of carboxylic acids is 1. The zero-order valence-electron chi connectivity index (χ0n) is 16.0. The Balaban J connectivity index is 1.42. The number of aliphatic carboxylic acids is 1. The van der Waals surface area contributed by atoms with Crippen LogP contribution in [0.2, 0.25) is 0 Å². The van der Waals surface area contributed by atoms with E-state index in [2.05, 4.69) is 5.10 Å². The van der Waals surface area contributed by atoms with Crippen molar-refractivity contribution < 1.29 is 19.4 Å². The van der Waals surface area contributed by atoms with Crippen LogP contribution >= 0.6 is 0 Å². The number of hydrogen-bond donors (Lipinski definition) is 1. The average molecular weight is 383 g/mol. The predicted molar refractivity (Wildman–Crippen MR) is 102 cm³/mol. The van der Waals surface area contributed by atoms with Crippen LogP contribution in [0.5, 0.6) is 0 Å². The van der Waals surface area contributed by atoms with Crippen molar-refractivity contribution in [1.29, 1.82) is 0 Å². The van der Waals surface area contributed by atoms with E-state index in [4.69, 9.17) is 4.74 Å². The van der Waals surface area contributed by atoms with E-state index < -0.39 is 11.9 Å². The molecule has 0 bridgehead atoms. The molecule has 4 rings (SSSR count). The second-order valence-electron chi connectivity index (χ2n) is 7.61. The monoisotopic (exact) mass is 383 g/mol. The number of nitrogens with zero attached hydrogens (tertiary/aromatic N) is 3. The molecular formula is C21H25N3O4. The Kier molecular flexibility index (Phi) is 5.17. The maximum absolute atomic E-state index is 13.0. The SMILES string of the molecule is Cc1nn(-c2ccccc2)cc1C(=O)N1CCC([C@@H]2OCCC2C(=O)O)CC1. The van der Waals surface area contributed by atoms with Gasteiger partial charge in [-0.05, 0) is 44.2 Å². The number of para-hydroxylation sites is 1. The van der Waals surface area contributed by atoms with E-state index in [1.807, 2.05) is 42.2 Å². The maximum Gasteiger partial charge on any atom is 0.309 e. The summed E-state index contributed by atoms with van der Waals surface area (Å²) in [6.45, 7) is 3.60. The molecule has 0 spiro atoms. The quantitative estimate of drug-likeness (QED) is 0.877. The molecule has 2 aromatic rings. The fourth-order valence-corrected chi connectivity index (χ4v) is 4.32. The van der Waals surface area contributed by atoms with Gasteiger partial charge in [-0.25, -0.2) is 4.68 Å². The van der Waals surface area contributed by atoms with Crippen LogP contribution < -0.4 is 0 Å². The second-order valence-corrected chi connectivity index (χ2v) is 7.61. The first-order chi connectivity index (χ1) is 13.5. The summed E-state index contributed by atoms with van der Waals surface area (Å²) in [6.07, 6.45) is 3.69. The van der Waals surface area contributed by atoms with E-state index in [1.165, 1.54) is 0 Å². The zero-order valence-corrected chi connectivity index (χ0v) is 16.0. The lowest BCUT2D eigenvalue weighted by molar-refractivity contribution is -0.145. The molecule has 1 aromatic heterocycles. The highest BCUT2D eigenvalue weighted by atomic mass is 16.5. The first kappa shape index (κ1) is 18.7. The minimum atomic E-state index is -0.773. The number of hydrogen-bond acceptors (Lipinski definition) is 4. The molecule has 7 nitrogen and oxygen atoms in total. The van der Waals surface area contributed by atoms with Crippen molar-refractivity contribution in [3.63, 3.8) is 0 Å². The number of carbonyl (C=O) groups excluding carboxylic acids is 1. The molecule has 7 heteroatoms. The topological polar surface area (TPSA) is 84.7 Å². The maximum atomic E-state index is 13.0. The van der Waals surface area contributed by atoms with Crippen LogP contribution in [-0.2, 0) is 9.53 Å². The largest absolute Gasteiger partial charge is 0.481 e. The van der Waals surface area contributed by atoms with Gasteiger partial charge in [0.2, 0.25) is 0 Å². The van der Waals surface area contributed by atoms with Gasteiger partial charge in [0.05, 0.1) is 29.0 Å². The van der Waals surface area contributed by atoms with E-state index in [1.54, 1.807) is 10.9 Å². The Morgan fingerprint density at radius 1 is 1.14 bits per heavy atom.